The topological polar surface area (TPSA) is 46.2 Å². The number of hydrogen-bond acceptors (Lipinski definition) is 2. The van der Waals surface area contributed by atoms with Crippen molar-refractivity contribution in [2.75, 3.05) is 0 Å². The highest BCUT2D eigenvalue weighted by Gasteiger charge is 2.07. The Morgan fingerprint density at radius 3 is 1.97 bits per heavy atom. The van der Waals surface area contributed by atoms with Gasteiger partial charge in [-0.25, -0.2) is 0 Å². The number of benzene rings is 1. The minimum Gasteiger partial charge on any atom is -0.293 e. The molecule has 3 heteroatoms. The predicted octanol–water partition coefficient (Wildman–Crippen LogP) is 7.54. The Hall–Kier alpha value is -1.90. The summed E-state index contributed by atoms with van der Waals surface area (Å²) in [5, 5.41) is 2.33. The largest absolute Gasteiger partial charge is 0.293 e. The van der Waals surface area contributed by atoms with E-state index in [1.165, 1.54) is 90.4 Å². The van der Waals surface area contributed by atoms with Gasteiger partial charge in [0.15, 0.2) is 0 Å². The molecule has 0 aliphatic heterocycles. The van der Waals surface area contributed by atoms with Crippen LogP contribution < -0.4 is 5.32 Å². The van der Waals surface area contributed by atoms with Crippen molar-refractivity contribution < 1.29 is 9.59 Å². The average molecular weight is 414 g/mol. The third kappa shape index (κ3) is 14.1. The molecule has 30 heavy (non-hydrogen) atoms. The molecule has 0 fully saturated rings. The highest BCUT2D eigenvalue weighted by molar-refractivity contribution is 6.04. The standard InChI is InChI=1S/C27H43NO2/c1-3-4-5-6-7-8-9-10-11-12-13-14-15-16-17-18-20-25-21-19-22-26(23-25)27(30)28-24(2)29/h12-13,19,21-23H,3-11,14-18,20H2,1-2H3,(H,28,29,30). The first-order chi connectivity index (χ1) is 14.6. The zero-order valence-electron chi connectivity index (χ0n) is 19.4. The molecule has 3 nitrogen and oxygen atoms in total. The van der Waals surface area contributed by atoms with Crippen LogP contribution in [0, 0.1) is 0 Å². The van der Waals surface area contributed by atoms with Gasteiger partial charge >= 0.3 is 0 Å². The highest BCUT2D eigenvalue weighted by atomic mass is 16.2. The molecule has 0 aliphatic rings. The first-order valence-electron chi connectivity index (χ1n) is 12.2. The Morgan fingerprint density at radius 2 is 1.37 bits per heavy atom. The Kier molecular flexibility index (Phi) is 15.6. The fraction of sp³-hybridized carbons (Fsp3) is 0.630. The fourth-order valence-corrected chi connectivity index (χ4v) is 3.68. The van der Waals surface area contributed by atoms with Gasteiger partial charge in [-0.3, -0.25) is 14.9 Å². The molecule has 1 N–H and O–H groups in total. The number of carbonyl (C=O) groups excluding carboxylic acids is 2. The Morgan fingerprint density at radius 1 is 0.800 bits per heavy atom. The minimum atomic E-state index is -0.322. The smallest absolute Gasteiger partial charge is 0.257 e. The van der Waals surface area contributed by atoms with E-state index in [9.17, 15) is 9.59 Å². The highest BCUT2D eigenvalue weighted by Crippen LogP contribution is 2.12. The minimum absolute atomic E-state index is 0.317. The van der Waals surface area contributed by atoms with E-state index in [2.05, 4.69) is 30.5 Å². The van der Waals surface area contributed by atoms with E-state index in [0.29, 0.717) is 5.56 Å². The molecule has 0 aromatic heterocycles. The van der Waals surface area contributed by atoms with E-state index >= 15 is 0 Å². The van der Waals surface area contributed by atoms with Crippen molar-refractivity contribution in [3.63, 3.8) is 0 Å². The van der Waals surface area contributed by atoms with E-state index in [1.807, 2.05) is 12.1 Å². The van der Waals surface area contributed by atoms with E-state index in [-0.39, 0.29) is 11.8 Å². The summed E-state index contributed by atoms with van der Waals surface area (Å²) in [7, 11) is 0. The molecule has 2 amide bonds. The molecule has 168 valence electrons. The maximum atomic E-state index is 11.9. The number of amides is 2. The van der Waals surface area contributed by atoms with Gasteiger partial charge < -0.3 is 0 Å². The second kappa shape index (κ2) is 17.9. The summed E-state index contributed by atoms with van der Waals surface area (Å²) in [6, 6.07) is 7.59. The van der Waals surface area contributed by atoms with E-state index in [1.54, 1.807) is 6.07 Å². The van der Waals surface area contributed by atoms with Crippen LogP contribution in [0.2, 0.25) is 0 Å². The van der Waals surface area contributed by atoms with Crippen molar-refractivity contribution >= 4 is 11.8 Å². The van der Waals surface area contributed by atoms with Gasteiger partial charge in [-0.1, -0.05) is 89.0 Å². The summed E-state index contributed by atoms with van der Waals surface area (Å²) in [6.45, 7) is 3.63. The maximum Gasteiger partial charge on any atom is 0.257 e. The first kappa shape index (κ1) is 26.1. The third-order valence-corrected chi connectivity index (χ3v) is 5.46. The maximum absolute atomic E-state index is 11.9. The molecule has 0 saturated carbocycles. The molecule has 0 unspecified atom stereocenters. The normalized spacial score (nSPS) is 11.1. The quantitative estimate of drug-likeness (QED) is 0.212. The molecule has 0 heterocycles. The van der Waals surface area contributed by atoms with Gasteiger partial charge in [-0.2, -0.15) is 0 Å². The molecule has 0 aliphatic carbocycles. The monoisotopic (exact) mass is 413 g/mol. The lowest BCUT2D eigenvalue weighted by Crippen LogP contribution is -2.27. The van der Waals surface area contributed by atoms with Crippen LogP contribution in [-0.4, -0.2) is 11.8 Å². The van der Waals surface area contributed by atoms with Gasteiger partial charge in [0.2, 0.25) is 5.91 Å². The van der Waals surface area contributed by atoms with Crippen LogP contribution in [0.25, 0.3) is 0 Å². The lowest BCUT2D eigenvalue weighted by atomic mass is 10.0. The van der Waals surface area contributed by atoms with Crippen LogP contribution in [-0.2, 0) is 11.2 Å². The lowest BCUT2D eigenvalue weighted by molar-refractivity contribution is -0.118. The Labute approximate surface area is 184 Å². The van der Waals surface area contributed by atoms with Gasteiger partial charge in [0.1, 0.15) is 0 Å². The zero-order valence-corrected chi connectivity index (χ0v) is 19.4. The number of aryl methyl sites for hydroxylation is 1. The summed E-state index contributed by atoms with van der Waals surface area (Å²) in [4.78, 5) is 22.9. The van der Waals surface area contributed by atoms with Gasteiger partial charge in [0.25, 0.3) is 5.91 Å². The van der Waals surface area contributed by atoms with Crippen LogP contribution in [0.4, 0.5) is 0 Å². The van der Waals surface area contributed by atoms with Crippen molar-refractivity contribution in [3.05, 3.63) is 47.5 Å². The number of allylic oxidation sites excluding steroid dienone is 2. The van der Waals surface area contributed by atoms with Crippen molar-refractivity contribution in [2.45, 2.75) is 110 Å². The van der Waals surface area contributed by atoms with Crippen molar-refractivity contribution in [1.29, 1.82) is 0 Å². The van der Waals surface area contributed by atoms with Crippen LogP contribution in [0.5, 0.6) is 0 Å². The van der Waals surface area contributed by atoms with Crippen molar-refractivity contribution in [3.8, 4) is 0 Å². The van der Waals surface area contributed by atoms with Gasteiger partial charge in [0.05, 0.1) is 0 Å². The number of unbranched alkanes of at least 4 members (excludes halogenated alkanes) is 12. The molecule has 0 spiro atoms. The van der Waals surface area contributed by atoms with Gasteiger partial charge in [0, 0.05) is 12.5 Å². The molecule has 0 saturated heterocycles. The second-order valence-electron chi connectivity index (χ2n) is 8.40. The van der Waals surface area contributed by atoms with Crippen LogP contribution >= 0.6 is 0 Å². The molecule has 1 rings (SSSR count). The van der Waals surface area contributed by atoms with Gasteiger partial charge in [-0.05, 0) is 56.2 Å². The molecule has 1 aromatic carbocycles. The predicted molar refractivity (Wildman–Crippen MR) is 128 cm³/mol. The fourth-order valence-electron chi connectivity index (χ4n) is 3.68. The number of nitrogens with one attached hydrogen (secondary N) is 1. The van der Waals surface area contributed by atoms with Crippen molar-refractivity contribution in [1.82, 2.24) is 5.32 Å². The van der Waals surface area contributed by atoms with E-state index in [4.69, 9.17) is 0 Å². The van der Waals surface area contributed by atoms with Crippen LogP contribution in [0.15, 0.2) is 36.4 Å². The number of imide groups is 1. The Balaban J connectivity index is 1.99. The summed E-state index contributed by atoms with van der Waals surface area (Å²) >= 11 is 0. The number of rotatable bonds is 17. The summed E-state index contributed by atoms with van der Waals surface area (Å²) in [5.74, 6) is -0.639. The van der Waals surface area contributed by atoms with Crippen LogP contribution in [0.3, 0.4) is 0 Å². The van der Waals surface area contributed by atoms with Gasteiger partial charge in [-0.15, -0.1) is 0 Å². The number of carbonyl (C=O) groups is 2. The molecular weight excluding hydrogens is 370 g/mol. The first-order valence-corrected chi connectivity index (χ1v) is 12.2. The summed E-state index contributed by atoms with van der Waals surface area (Å²) < 4.78 is 0. The molecular formula is C27H43NO2. The number of hydrogen-bond donors (Lipinski definition) is 1. The van der Waals surface area contributed by atoms with Crippen molar-refractivity contribution in [2.24, 2.45) is 0 Å². The molecule has 1 aromatic rings. The third-order valence-electron chi connectivity index (χ3n) is 5.46. The van der Waals surface area contributed by atoms with E-state index < -0.39 is 0 Å². The SMILES string of the molecule is CCCCCCCCCCC=CCCCCCCc1cccc(C(=O)NC(C)=O)c1. The second-order valence-corrected chi connectivity index (χ2v) is 8.40. The lowest BCUT2D eigenvalue weighted by Gasteiger charge is -2.05. The van der Waals surface area contributed by atoms with E-state index in [0.717, 1.165) is 18.4 Å². The Bertz CT molecular complexity index is 621. The zero-order chi connectivity index (χ0) is 21.9. The summed E-state index contributed by atoms with van der Waals surface area (Å²) in [6.07, 6.45) is 24.1. The van der Waals surface area contributed by atoms with Crippen LogP contribution in [0.1, 0.15) is 120 Å². The summed E-state index contributed by atoms with van der Waals surface area (Å²) in [5.41, 5.74) is 1.72. The molecule has 0 radical (unpaired) electrons. The molecule has 0 atom stereocenters. The average Bonchev–Trinajstić information content (AvgIpc) is 2.73. The molecule has 0 bridgehead atoms.